The third-order valence-electron chi connectivity index (χ3n) is 3.36. The second kappa shape index (κ2) is 4.29. The van der Waals surface area contributed by atoms with Gasteiger partial charge in [0.15, 0.2) is 11.5 Å². The summed E-state index contributed by atoms with van der Waals surface area (Å²) in [4.78, 5) is 8.76. The Morgan fingerprint density at radius 2 is 2.41 bits per heavy atom. The molecule has 1 aliphatic rings. The minimum Gasteiger partial charge on any atom is -0.367 e. The van der Waals surface area contributed by atoms with E-state index in [1.54, 1.807) is 6.20 Å². The predicted molar refractivity (Wildman–Crippen MR) is 71.1 cm³/mol. The Balaban J connectivity index is 1.80. The summed E-state index contributed by atoms with van der Waals surface area (Å²) in [5.74, 6) is 2.48. The second-order valence-corrected chi connectivity index (χ2v) is 5.58. The van der Waals surface area contributed by atoms with Crippen molar-refractivity contribution >= 4 is 27.4 Å². The van der Waals surface area contributed by atoms with Gasteiger partial charge in [-0.3, -0.25) is 0 Å². The Morgan fingerprint density at radius 3 is 3.18 bits per heavy atom. The molecule has 2 aromatic heterocycles. The van der Waals surface area contributed by atoms with Crippen molar-refractivity contribution in [3.63, 3.8) is 0 Å². The molecule has 0 amide bonds. The molecule has 1 saturated carbocycles. The summed E-state index contributed by atoms with van der Waals surface area (Å²) in [7, 11) is 0. The number of fused-ring (bicyclic) bond motifs is 1. The molecule has 1 atom stereocenters. The highest BCUT2D eigenvalue weighted by Crippen LogP contribution is 2.36. The van der Waals surface area contributed by atoms with E-state index in [0.717, 1.165) is 28.5 Å². The minimum atomic E-state index is 0.714. The summed E-state index contributed by atoms with van der Waals surface area (Å²) >= 11 is 3.42. The number of anilines is 1. The third-order valence-corrected chi connectivity index (χ3v) is 3.74. The first-order chi connectivity index (χ1) is 8.24. The number of nitrogens with zero attached hydrogens (tertiary/aromatic N) is 3. The van der Waals surface area contributed by atoms with Gasteiger partial charge in [-0.25, -0.2) is 9.97 Å². The number of nitrogens with one attached hydrogen (secondary N) is 1. The Kier molecular flexibility index (Phi) is 2.78. The van der Waals surface area contributed by atoms with Crippen molar-refractivity contribution < 1.29 is 0 Å². The fourth-order valence-corrected chi connectivity index (χ4v) is 2.51. The average molecular weight is 295 g/mol. The van der Waals surface area contributed by atoms with Gasteiger partial charge in [0.05, 0.1) is 0 Å². The molecule has 1 fully saturated rings. The zero-order valence-electron chi connectivity index (χ0n) is 9.73. The van der Waals surface area contributed by atoms with E-state index in [-0.39, 0.29) is 0 Å². The molecule has 1 N–H and O–H groups in total. The third kappa shape index (κ3) is 2.29. The average Bonchev–Trinajstić information content (AvgIpc) is 3.05. The summed E-state index contributed by atoms with van der Waals surface area (Å²) in [6.45, 7) is 3.27. The van der Waals surface area contributed by atoms with Crippen LogP contribution >= 0.6 is 15.9 Å². The van der Waals surface area contributed by atoms with Crippen molar-refractivity contribution in [2.45, 2.75) is 19.8 Å². The Hall–Kier alpha value is -1.10. The van der Waals surface area contributed by atoms with E-state index in [0.29, 0.717) is 5.92 Å². The van der Waals surface area contributed by atoms with Crippen molar-refractivity contribution in [1.29, 1.82) is 0 Å². The molecule has 2 heterocycles. The Bertz CT molecular complexity index is 532. The molecule has 4 nitrogen and oxygen atoms in total. The van der Waals surface area contributed by atoms with Crippen molar-refractivity contribution in [2.75, 3.05) is 11.9 Å². The first-order valence-corrected chi connectivity index (χ1v) is 6.76. The topological polar surface area (TPSA) is 42.2 Å². The summed E-state index contributed by atoms with van der Waals surface area (Å²) in [6.07, 6.45) is 8.40. The number of imidazole rings is 1. The van der Waals surface area contributed by atoms with Gasteiger partial charge in [0, 0.05) is 25.1 Å². The van der Waals surface area contributed by atoms with E-state index in [1.165, 1.54) is 12.8 Å². The van der Waals surface area contributed by atoms with Crippen molar-refractivity contribution in [3.8, 4) is 0 Å². The lowest BCUT2D eigenvalue weighted by Crippen LogP contribution is -2.14. The lowest BCUT2D eigenvalue weighted by atomic mass is 10.1. The molecule has 0 saturated heterocycles. The van der Waals surface area contributed by atoms with Crippen molar-refractivity contribution in [2.24, 2.45) is 11.8 Å². The monoisotopic (exact) mass is 294 g/mol. The van der Waals surface area contributed by atoms with E-state index >= 15 is 0 Å². The normalized spacial score (nSPS) is 17.3. The summed E-state index contributed by atoms with van der Waals surface area (Å²) in [5, 5.41) is 3.41. The van der Waals surface area contributed by atoms with Crippen LogP contribution in [0.2, 0.25) is 0 Å². The van der Waals surface area contributed by atoms with Crippen LogP contribution in [0.5, 0.6) is 0 Å². The van der Waals surface area contributed by atoms with Crippen LogP contribution < -0.4 is 5.32 Å². The molecule has 17 heavy (non-hydrogen) atoms. The fourth-order valence-electron chi connectivity index (χ4n) is 2.11. The molecule has 0 bridgehead atoms. The van der Waals surface area contributed by atoms with Gasteiger partial charge in [0.25, 0.3) is 0 Å². The summed E-state index contributed by atoms with van der Waals surface area (Å²) < 4.78 is 2.80. The number of aromatic nitrogens is 3. The van der Waals surface area contributed by atoms with E-state index in [1.807, 2.05) is 16.8 Å². The van der Waals surface area contributed by atoms with Crippen LogP contribution in [0, 0.1) is 11.8 Å². The standard InChI is InChI=1S/C12H15BrN4/c1-8(9-2-3-9)6-15-11-12-14-4-5-17(12)7-10(13)16-11/h4-5,7-9H,2-3,6H2,1H3,(H,15,16). The summed E-state index contributed by atoms with van der Waals surface area (Å²) in [6, 6.07) is 0. The lowest BCUT2D eigenvalue weighted by molar-refractivity contribution is 0.536. The molecule has 1 aliphatic carbocycles. The smallest absolute Gasteiger partial charge is 0.180 e. The van der Waals surface area contributed by atoms with Crippen molar-refractivity contribution in [1.82, 2.24) is 14.4 Å². The largest absolute Gasteiger partial charge is 0.367 e. The maximum absolute atomic E-state index is 4.45. The number of hydrogen-bond donors (Lipinski definition) is 1. The molecular formula is C12H15BrN4. The lowest BCUT2D eigenvalue weighted by Gasteiger charge is -2.12. The maximum Gasteiger partial charge on any atom is 0.180 e. The first kappa shape index (κ1) is 11.0. The molecule has 90 valence electrons. The van der Waals surface area contributed by atoms with E-state index in [4.69, 9.17) is 0 Å². The van der Waals surface area contributed by atoms with Gasteiger partial charge >= 0.3 is 0 Å². The SMILES string of the molecule is CC(CNc1nc(Br)cn2ccnc12)C1CC1. The molecule has 2 aromatic rings. The van der Waals surface area contributed by atoms with Gasteiger partial charge in [-0.2, -0.15) is 0 Å². The molecule has 0 aliphatic heterocycles. The number of hydrogen-bond acceptors (Lipinski definition) is 3. The van der Waals surface area contributed by atoms with E-state index in [2.05, 4.69) is 38.1 Å². The minimum absolute atomic E-state index is 0.714. The van der Waals surface area contributed by atoms with Gasteiger partial charge in [-0.1, -0.05) is 6.92 Å². The van der Waals surface area contributed by atoms with Gasteiger partial charge in [-0.05, 0) is 40.6 Å². The number of halogens is 1. The maximum atomic E-state index is 4.45. The molecule has 5 heteroatoms. The fraction of sp³-hybridized carbons (Fsp3) is 0.500. The highest BCUT2D eigenvalue weighted by Gasteiger charge is 2.27. The van der Waals surface area contributed by atoms with Crippen molar-refractivity contribution in [3.05, 3.63) is 23.2 Å². The highest BCUT2D eigenvalue weighted by atomic mass is 79.9. The number of rotatable bonds is 4. The van der Waals surface area contributed by atoms with Gasteiger partial charge in [0.1, 0.15) is 4.60 Å². The van der Waals surface area contributed by atoms with Crippen LogP contribution in [0.3, 0.4) is 0 Å². The molecule has 3 rings (SSSR count). The van der Waals surface area contributed by atoms with Gasteiger partial charge in [0.2, 0.25) is 0 Å². The van der Waals surface area contributed by atoms with E-state index < -0.39 is 0 Å². The quantitative estimate of drug-likeness (QED) is 0.943. The first-order valence-electron chi connectivity index (χ1n) is 5.97. The Morgan fingerprint density at radius 1 is 1.59 bits per heavy atom. The molecular weight excluding hydrogens is 280 g/mol. The van der Waals surface area contributed by atoms with Crippen LogP contribution in [0.1, 0.15) is 19.8 Å². The molecule has 1 unspecified atom stereocenters. The zero-order chi connectivity index (χ0) is 11.8. The molecule has 0 radical (unpaired) electrons. The highest BCUT2D eigenvalue weighted by molar-refractivity contribution is 9.10. The van der Waals surface area contributed by atoms with Crippen LogP contribution in [0.25, 0.3) is 5.65 Å². The van der Waals surface area contributed by atoms with Gasteiger partial charge in [-0.15, -0.1) is 0 Å². The second-order valence-electron chi connectivity index (χ2n) is 4.77. The van der Waals surface area contributed by atoms with Crippen LogP contribution in [-0.4, -0.2) is 20.9 Å². The summed E-state index contributed by atoms with van der Waals surface area (Å²) in [5.41, 5.74) is 0.885. The predicted octanol–water partition coefficient (Wildman–Crippen LogP) is 2.95. The Labute approximate surface area is 109 Å². The van der Waals surface area contributed by atoms with Crippen LogP contribution in [0.4, 0.5) is 5.82 Å². The zero-order valence-corrected chi connectivity index (χ0v) is 11.3. The van der Waals surface area contributed by atoms with Crippen LogP contribution in [-0.2, 0) is 0 Å². The van der Waals surface area contributed by atoms with Crippen LogP contribution in [0.15, 0.2) is 23.2 Å². The molecule has 0 aromatic carbocycles. The van der Waals surface area contributed by atoms with E-state index in [9.17, 15) is 0 Å². The van der Waals surface area contributed by atoms with Gasteiger partial charge < -0.3 is 9.72 Å². The molecule has 0 spiro atoms.